The van der Waals surface area contributed by atoms with E-state index in [9.17, 15) is 0 Å². The van der Waals surface area contributed by atoms with E-state index in [1.165, 1.54) is 5.69 Å². The Hall–Kier alpha value is -1.51. The molecule has 2 aromatic rings. The van der Waals surface area contributed by atoms with Crippen LogP contribution in [0.4, 0.5) is 0 Å². The highest BCUT2D eigenvalue weighted by atomic mass is 127. The summed E-state index contributed by atoms with van der Waals surface area (Å²) in [7, 11) is 0. The number of nitrogens with one attached hydrogen (secondary N) is 2. The van der Waals surface area contributed by atoms with Gasteiger partial charge >= 0.3 is 0 Å². The highest BCUT2D eigenvalue weighted by Gasteiger charge is 2.07. The molecule has 0 amide bonds. The minimum Gasteiger partial charge on any atom is -0.357 e. The van der Waals surface area contributed by atoms with Gasteiger partial charge in [0.2, 0.25) is 0 Å². The Bertz CT molecular complexity index is 632. The normalized spacial score (nSPS) is 12.6. The number of halogens is 1. The van der Waals surface area contributed by atoms with Crippen molar-refractivity contribution in [3.05, 3.63) is 42.0 Å². The van der Waals surface area contributed by atoms with Crippen LogP contribution in [0, 0.1) is 19.8 Å². The van der Waals surface area contributed by atoms with Crippen LogP contribution in [0.5, 0.6) is 0 Å². The number of aromatic nitrogens is 3. The molecule has 140 valence electrons. The first kappa shape index (κ1) is 21.5. The molecule has 0 aliphatic rings. The minimum atomic E-state index is 0. The topological polar surface area (TPSA) is 59.2 Å². The molecular formula is C18H31IN6. The monoisotopic (exact) mass is 458 g/mol. The Morgan fingerprint density at radius 2 is 1.96 bits per heavy atom. The Morgan fingerprint density at radius 1 is 1.24 bits per heavy atom. The summed E-state index contributed by atoms with van der Waals surface area (Å²) in [6.07, 6.45) is 4.14. The van der Waals surface area contributed by atoms with Crippen LogP contribution in [0.1, 0.15) is 25.2 Å². The highest BCUT2D eigenvalue weighted by molar-refractivity contribution is 14.0. The lowest BCUT2D eigenvalue weighted by atomic mass is 10.2. The maximum absolute atomic E-state index is 4.71. The van der Waals surface area contributed by atoms with Crippen LogP contribution in [0.2, 0.25) is 0 Å². The van der Waals surface area contributed by atoms with Crippen LogP contribution in [0.3, 0.4) is 0 Å². The number of hydrogen-bond acceptors (Lipinski definition) is 2. The first-order valence-electron chi connectivity index (χ1n) is 8.72. The van der Waals surface area contributed by atoms with Gasteiger partial charge in [-0.25, -0.2) is 0 Å². The van der Waals surface area contributed by atoms with Gasteiger partial charge in [-0.05, 0) is 44.9 Å². The zero-order valence-electron chi connectivity index (χ0n) is 15.7. The smallest absolute Gasteiger partial charge is 0.191 e. The van der Waals surface area contributed by atoms with E-state index >= 15 is 0 Å². The van der Waals surface area contributed by atoms with Gasteiger partial charge < -0.3 is 15.2 Å². The Kier molecular flexibility index (Phi) is 9.62. The number of rotatable bonds is 8. The third-order valence-corrected chi connectivity index (χ3v) is 3.82. The second-order valence-electron chi connectivity index (χ2n) is 6.28. The molecule has 2 heterocycles. The molecule has 0 aliphatic heterocycles. The summed E-state index contributed by atoms with van der Waals surface area (Å²) < 4.78 is 4.23. The van der Waals surface area contributed by atoms with Crippen molar-refractivity contribution in [2.24, 2.45) is 10.9 Å². The van der Waals surface area contributed by atoms with E-state index in [4.69, 9.17) is 4.99 Å². The summed E-state index contributed by atoms with van der Waals surface area (Å²) in [5.74, 6) is 1.31. The number of hydrogen-bond donors (Lipinski definition) is 2. The Morgan fingerprint density at radius 3 is 2.56 bits per heavy atom. The van der Waals surface area contributed by atoms with Gasteiger partial charge in [-0.2, -0.15) is 5.10 Å². The summed E-state index contributed by atoms with van der Waals surface area (Å²) in [4.78, 5) is 4.71. The molecule has 25 heavy (non-hydrogen) atoms. The highest BCUT2D eigenvalue weighted by Crippen LogP contribution is 2.06. The van der Waals surface area contributed by atoms with Crippen LogP contribution in [-0.4, -0.2) is 39.9 Å². The molecule has 7 heteroatoms. The molecule has 0 saturated carbocycles. The van der Waals surface area contributed by atoms with Crippen molar-refractivity contribution < 1.29 is 0 Å². The quantitative estimate of drug-likeness (QED) is 0.364. The maximum Gasteiger partial charge on any atom is 0.191 e. The predicted octanol–water partition coefficient (Wildman–Crippen LogP) is 2.81. The summed E-state index contributed by atoms with van der Waals surface area (Å²) >= 11 is 0. The van der Waals surface area contributed by atoms with E-state index in [2.05, 4.69) is 64.2 Å². The molecule has 1 unspecified atom stereocenters. The summed E-state index contributed by atoms with van der Waals surface area (Å²) in [6, 6.07) is 6.20. The van der Waals surface area contributed by atoms with Gasteiger partial charge in [0.25, 0.3) is 0 Å². The fraction of sp³-hybridized carbons (Fsp3) is 0.556. The van der Waals surface area contributed by atoms with Crippen molar-refractivity contribution in [1.29, 1.82) is 0 Å². The van der Waals surface area contributed by atoms with E-state index in [0.717, 1.165) is 44.4 Å². The fourth-order valence-electron chi connectivity index (χ4n) is 2.62. The molecule has 6 nitrogen and oxygen atoms in total. The van der Waals surface area contributed by atoms with Crippen molar-refractivity contribution in [3.63, 3.8) is 0 Å². The SMILES string of the molecule is CCNC(=NCC(C)Cn1nc(C)cc1C)NCCn1cccc1.I. The third-order valence-electron chi connectivity index (χ3n) is 3.82. The molecule has 0 aromatic carbocycles. The maximum atomic E-state index is 4.71. The van der Waals surface area contributed by atoms with Crippen molar-refractivity contribution in [3.8, 4) is 0 Å². The van der Waals surface area contributed by atoms with Crippen LogP contribution < -0.4 is 10.6 Å². The van der Waals surface area contributed by atoms with Crippen LogP contribution in [0.15, 0.2) is 35.6 Å². The van der Waals surface area contributed by atoms with E-state index in [1.54, 1.807) is 0 Å². The molecule has 0 aliphatic carbocycles. The van der Waals surface area contributed by atoms with Crippen molar-refractivity contribution in [2.45, 2.75) is 40.8 Å². The number of guanidine groups is 1. The molecule has 0 bridgehead atoms. The van der Waals surface area contributed by atoms with Gasteiger partial charge in [-0.15, -0.1) is 24.0 Å². The second-order valence-corrected chi connectivity index (χ2v) is 6.28. The largest absolute Gasteiger partial charge is 0.357 e. The zero-order valence-corrected chi connectivity index (χ0v) is 18.0. The summed E-state index contributed by atoms with van der Waals surface area (Å²) in [5.41, 5.74) is 2.28. The number of aryl methyl sites for hydroxylation is 2. The third kappa shape index (κ3) is 7.50. The van der Waals surface area contributed by atoms with E-state index < -0.39 is 0 Å². The van der Waals surface area contributed by atoms with Gasteiger partial charge in [0.1, 0.15) is 0 Å². The van der Waals surface area contributed by atoms with Gasteiger partial charge in [-0.3, -0.25) is 9.67 Å². The second kappa shape index (κ2) is 11.2. The molecule has 0 saturated heterocycles. The van der Waals surface area contributed by atoms with Crippen LogP contribution in [0.25, 0.3) is 0 Å². The Balaban J connectivity index is 0.00000312. The van der Waals surface area contributed by atoms with Gasteiger partial charge in [-0.1, -0.05) is 6.92 Å². The minimum absolute atomic E-state index is 0. The lowest BCUT2D eigenvalue weighted by Gasteiger charge is -2.14. The van der Waals surface area contributed by atoms with Crippen molar-refractivity contribution >= 4 is 29.9 Å². The van der Waals surface area contributed by atoms with Crippen LogP contribution in [-0.2, 0) is 13.1 Å². The zero-order chi connectivity index (χ0) is 17.4. The van der Waals surface area contributed by atoms with E-state index in [1.807, 2.05) is 19.1 Å². The molecule has 2 aromatic heterocycles. The molecule has 2 N–H and O–H groups in total. The van der Waals surface area contributed by atoms with E-state index in [-0.39, 0.29) is 24.0 Å². The summed E-state index contributed by atoms with van der Waals surface area (Å²) in [5, 5.41) is 11.2. The first-order valence-corrected chi connectivity index (χ1v) is 8.72. The average molecular weight is 458 g/mol. The lowest BCUT2D eigenvalue weighted by molar-refractivity contribution is 0.449. The van der Waals surface area contributed by atoms with Gasteiger partial charge in [0.15, 0.2) is 5.96 Å². The number of nitrogens with zero attached hydrogens (tertiary/aromatic N) is 4. The first-order chi connectivity index (χ1) is 11.6. The van der Waals surface area contributed by atoms with Crippen molar-refractivity contribution in [2.75, 3.05) is 19.6 Å². The average Bonchev–Trinajstić information content (AvgIpc) is 3.15. The van der Waals surface area contributed by atoms with E-state index in [0.29, 0.717) is 5.92 Å². The van der Waals surface area contributed by atoms with Crippen LogP contribution >= 0.6 is 24.0 Å². The molecule has 1 atom stereocenters. The van der Waals surface area contributed by atoms with Gasteiger partial charge in [0.05, 0.1) is 5.69 Å². The lowest BCUT2D eigenvalue weighted by Crippen LogP contribution is -2.39. The molecule has 2 rings (SSSR count). The molecule has 0 radical (unpaired) electrons. The molecule has 0 fully saturated rings. The Labute approximate surface area is 168 Å². The van der Waals surface area contributed by atoms with Gasteiger partial charge in [0, 0.05) is 50.8 Å². The standard InChI is InChI=1S/C18H30N6.HI/c1-5-19-18(20-8-11-23-9-6-7-10-23)21-13-15(2)14-24-17(4)12-16(3)22-24;/h6-7,9-10,12,15H,5,8,11,13-14H2,1-4H3,(H2,19,20,21);1H. The number of aliphatic imine (C=N–C) groups is 1. The van der Waals surface area contributed by atoms with Crippen molar-refractivity contribution in [1.82, 2.24) is 25.0 Å². The molecular weight excluding hydrogens is 427 g/mol. The summed E-state index contributed by atoms with van der Waals surface area (Å²) in [6.45, 7) is 12.7. The molecule has 0 spiro atoms. The fourth-order valence-corrected chi connectivity index (χ4v) is 2.62. The predicted molar refractivity (Wildman–Crippen MR) is 115 cm³/mol.